The van der Waals surface area contributed by atoms with Crippen molar-refractivity contribution < 1.29 is 9.90 Å². The molecule has 0 saturated carbocycles. The lowest BCUT2D eigenvalue weighted by atomic mass is 10.0. The number of aryl methyl sites for hydroxylation is 2. The molecule has 0 amide bonds. The number of nitrogens with one attached hydrogen (secondary N) is 1. The molecule has 2 N–H and O–H groups in total. The summed E-state index contributed by atoms with van der Waals surface area (Å²) >= 11 is 0. The Hall–Kier alpha value is -2.43. The van der Waals surface area contributed by atoms with Gasteiger partial charge >= 0.3 is 5.97 Å². The number of carboxylic acids is 1. The molecule has 0 spiro atoms. The van der Waals surface area contributed by atoms with Crippen LogP contribution in [0.3, 0.4) is 0 Å². The minimum absolute atomic E-state index is 0.307. The molecule has 1 aromatic carbocycles. The van der Waals surface area contributed by atoms with Crippen molar-refractivity contribution >= 4 is 5.97 Å². The number of aromatic amines is 1. The maximum atomic E-state index is 11.3. The number of hydrogen-bond acceptors (Lipinski definition) is 3. The van der Waals surface area contributed by atoms with Gasteiger partial charge in [-0.2, -0.15) is 5.10 Å². The van der Waals surface area contributed by atoms with E-state index in [0.717, 1.165) is 16.7 Å². The molecule has 0 bridgehead atoms. The smallest absolute Gasteiger partial charge is 0.341 e. The van der Waals surface area contributed by atoms with Gasteiger partial charge in [0.15, 0.2) is 0 Å². The number of rotatable bonds is 2. The van der Waals surface area contributed by atoms with Gasteiger partial charge in [0.1, 0.15) is 5.56 Å². The minimum Gasteiger partial charge on any atom is -0.477 e. The van der Waals surface area contributed by atoms with Gasteiger partial charge in [-0.25, -0.2) is 9.89 Å². The van der Waals surface area contributed by atoms with Crippen molar-refractivity contribution in [1.82, 2.24) is 10.2 Å². The van der Waals surface area contributed by atoms with Crippen LogP contribution in [0.5, 0.6) is 0 Å². The molecule has 0 aliphatic heterocycles. The van der Waals surface area contributed by atoms with Crippen LogP contribution < -0.4 is 5.56 Å². The van der Waals surface area contributed by atoms with Crippen LogP contribution in [0.15, 0.2) is 29.1 Å². The third-order valence-electron chi connectivity index (χ3n) is 2.84. The fraction of sp³-hybridized carbons (Fsp3) is 0.154. The number of aromatic nitrogens is 2. The Balaban J connectivity index is 2.57. The predicted octanol–water partition coefficient (Wildman–Crippen LogP) is 1.75. The molecule has 0 unspecified atom stereocenters. The molecule has 5 nitrogen and oxygen atoms in total. The zero-order chi connectivity index (χ0) is 13.3. The van der Waals surface area contributed by atoms with Crippen LogP contribution >= 0.6 is 0 Å². The fourth-order valence-corrected chi connectivity index (χ4v) is 1.61. The highest BCUT2D eigenvalue weighted by molar-refractivity contribution is 5.88. The second-order valence-electron chi connectivity index (χ2n) is 4.10. The Bertz CT molecular complexity index is 674. The molecule has 0 atom stereocenters. The molecule has 5 heteroatoms. The number of hydrogen-bond donors (Lipinski definition) is 2. The summed E-state index contributed by atoms with van der Waals surface area (Å²) in [5, 5.41) is 14.9. The van der Waals surface area contributed by atoms with E-state index in [1.165, 1.54) is 6.07 Å². The van der Waals surface area contributed by atoms with Gasteiger partial charge in [-0.1, -0.05) is 12.1 Å². The first-order valence-electron chi connectivity index (χ1n) is 5.39. The van der Waals surface area contributed by atoms with Gasteiger partial charge in [-0.3, -0.25) is 4.79 Å². The Kier molecular flexibility index (Phi) is 2.97. The van der Waals surface area contributed by atoms with Gasteiger partial charge in [-0.15, -0.1) is 0 Å². The average molecular weight is 244 g/mol. The van der Waals surface area contributed by atoms with Crippen molar-refractivity contribution in [3.05, 3.63) is 51.3 Å². The zero-order valence-electron chi connectivity index (χ0n) is 10.0. The molecule has 0 radical (unpaired) electrons. The summed E-state index contributed by atoms with van der Waals surface area (Å²) in [6.07, 6.45) is 0. The van der Waals surface area contributed by atoms with Crippen molar-refractivity contribution in [2.75, 3.05) is 0 Å². The first-order chi connectivity index (χ1) is 8.49. The topological polar surface area (TPSA) is 83.0 Å². The highest BCUT2D eigenvalue weighted by atomic mass is 16.4. The Morgan fingerprint density at radius 2 is 1.94 bits per heavy atom. The van der Waals surface area contributed by atoms with Crippen LogP contribution in [-0.2, 0) is 0 Å². The standard InChI is InChI=1S/C13H12N2O3/c1-7-3-4-9(5-8(7)2)11-6-10(13(17)18)12(16)15-14-11/h3-6H,1-2H3,(H,15,16)(H,17,18). The predicted molar refractivity (Wildman–Crippen MR) is 66.7 cm³/mol. The second-order valence-corrected chi connectivity index (χ2v) is 4.10. The van der Waals surface area contributed by atoms with Crippen molar-refractivity contribution in [3.8, 4) is 11.3 Å². The van der Waals surface area contributed by atoms with E-state index in [-0.39, 0.29) is 5.56 Å². The third kappa shape index (κ3) is 2.15. The van der Waals surface area contributed by atoms with E-state index < -0.39 is 11.5 Å². The quantitative estimate of drug-likeness (QED) is 0.843. The van der Waals surface area contributed by atoms with Crippen molar-refractivity contribution in [3.63, 3.8) is 0 Å². The summed E-state index contributed by atoms with van der Waals surface area (Å²) in [6, 6.07) is 6.96. The van der Waals surface area contributed by atoms with E-state index in [0.29, 0.717) is 5.69 Å². The first kappa shape index (κ1) is 12.0. The number of aromatic carboxylic acids is 1. The SMILES string of the molecule is Cc1ccc(-c2cc(C(=O)O)c(=O)[nH]n2)cc1C. The molecular weight excluding hydrogens is 232 g/mol. The van der Waals surface area contributed by atoms with Crippen LogP contribution in [0, 0.1) is 13.8 Å². The van der Waals surface area contributed by atoms with Crippen LogP contribution in [0.25, 0.3) is 11.3 Å². The summed E-state index contributed by atoms with van der Waals surface area (Å²) in [4.78, 5) is 22.1. The molecule has 0 saturated heterocycles. The van der Waals surface area contributed by atoms with Crippen molar-refractivity contribution in [1.29, 1.82) is 0 Å². The number of benzene rings is 1. The highest BCUT2D eigenvalue weighted by Gasteiger charge is 2.11. The average Bonchev–Trinajstić information content (AvgIpc) is 2.33. The minimum atomic E-state index is -1.26. The van der Waals surface area contributed by atoms with Gasteiger partial charge in [-0.05, 0) is 37.1 Å². The van der Waals surface area contributed by atoms with E-state index in [1.807, 2.05) is 32.0 Å². The maximum Gasteiger partial charge on any atom is 0.341 e. The molecule has 2 aromatic rings. The second kappa shape index (κ2) is 4.44. The van der Waals surface area contributed by atoms with E-state index in [9.17, 15) is 9.59 Å². The van der Waals surface area contributed by atoms with E-state index >= 15 is 0 Å². The van der Waals surface area contributed by atoms with Crippen LogP contribution in [0.4, 0.5) is 0 Å². The van der Waals surface area contributed by atoms with Gasteiger partial charge in [0.25, 0.3) is 5.56 Å². The zero-order valence-corrected chi connectivity index (χ0v) is 10.0. The van der Waals surface area contributed by atoms with Crippen LogP contribution in [0.1, 0.15) is 21.5 Å². The third-order valence-corrected chi connectivity index (χ3v) is 2.84. The van der Waals surface area contributed by atoms with Crippen LogP contribution in [0.2, 0.25) is 0 Å². The molecule has 0 aliphatic carbocycles. The molecule has 18 heavy (non-hydrogen) atoms. The lowest BCUT2D eigenvalue weighted by molar-refractivity contribution is 0.0694. The number of nitrogens with zero attached hydrogens (tertiary/aromatic N) is 1. The van der Waals surface area contributed by atoms with E-state index in [2.05, 4.69) is 10.2 Å². The van der Waals surface area contributed by atoms with Gasteiger partial charge < -0.3 is 5.11 Å². The van der Waals surface area contributed by atoms with Crippen molar-refractivity contribution in [2.45, 2.75) is 13.8 Å². The molecule has 2 rings (SSSR count). The Morgan fingerprint density at radius 1 is 1.22 bits per heavy atom. The normalized spacial score (nSPS) is 10.3. The Morgan fingerprint density at radius 3 is 2.56 bits per heavy atom. The molecule has 0 fully saturated rings. The van der Waals surface area contributed by atoms with Crippen LogP contribution in [-0.4, -0.2) is 21.3 Å². The highest BCUT2D eigenvalue weighted by Crippen LogP contribution is 2.19. The molecule has 92 valence electrons. The number of carbonyl (C=O) groups is 1. The monoisotopic (exact) mass is 244 g/mol. The largest absolute Gasteiger partial charge is 0.477 e. The molecule has 1 heterocycles. The summed E-state index contributed by atoms with van der Waals surface area (Å²) in [6.45, 7) is 3.95. The van der Waals surface area contributed by atoms with Crippen molar-refractivity contribution in [2.24, 2.45) is 0 Å². The fourth-order valence-electron chi connectivity index (χ4n) is 1.61. The first-order valence-corrected chi connectivity index (χ1v) is 5.39. The van der Waals surface area contributed by atoms with Gasteiger partial charge in [0.05, 0.1) is 5.69 Å². The summed E-state index contributed by atoms with van der Waals surface area (Å²) in [7, 11) is 0. The lowest BCUT2D eigenvalue weighted by Gasteiger charge is -2.05. The summed E-state index contributed by atoms with van der Waals surface area (Å²) < 4.78 is 0. The number of H-pyrrole nitrogens is 1. The molecular formula is C13H12N2O3. The number of carboxylic acid groups (broad SMARTS) is 1. The van der Waals surface area contributed by atoms with Gasteiger partial charge in [0.2, 0.25) is 0 Å². The summed E-state index contributed by atoms with van der Waals surface area (Å²) in [5.74, 6) is -1.26. The van der Waals surface area contributed by atoms with E-state index in [4.69, 9.17) is 5.11 Å². The lowest BCUT2D eigenvalue weighted by Crippen LogP contribution is -2.18. The van der Waals surface area contributed by atoms with E-state index in [1.54, 1.807) is 0 Å². The summed E-state index contributed by atoms with van der Waals surface area (Å²) in [5.41, 5.74) is 2.43. The molecule has 0 aliphatic rings. The Labute approximate surface area is 103 Å². The molecule has 1 aromatic heterocycles. The van der Waals surface area contributed by atoms with Gasteiger partial charge in [0, 0.05) is 5.56 Å². The maximum absolute atomic E-state index is 11.3.